The van der Waals surface area contributed by atoms with Crippen LogP contribution in [0.3, 0.4) is 0 Å². The fourth-order valence-electron chi connectivity index (χ4n) is 2.05. The first kappa shape index (κ1) is 17.9. The van der Waals surface area contributed by atoms with Crippen molar-refractivity contribution in [1.29, 1.82) is 0 Å². The number of rotatable bonds is 4. The van der Waals surface area contributed by atoms with E-state index >= 15 is 0 Å². The van der Waals surface area contributed by atoms with Crippen molar-refractivity contribution in [2.45, 2.75) is 6.18 Å². The Balaban J connectivity index is 2.34. The van der Waals surface area contributed by atoms with Crippen LogP contribution in [0.5, 0.6) is 0 Å². The van der Waals surface area contributed by atoms with E-state index in [-0.39, 0.29) is 5.69 Å². The Hall–Kier alpha value is -3.43. The van der Waals surface area contributed by atoms with E-state index in [4.69, 9.17) is 5.11 Å². The van der Waals surface area contributed by atoms with E-state index in [1.54, 1.807) is 0 Å². The van der Waals surface area contributed by atoms with Crippen LogP contribution in [0.4, 0.5) is 24.5 Å². The Kier molecular flexibility index (Phi) is 4.72. The maximum atomic E-state index is 12.5. The molecule has 0 aromatic heterocycles. The zero-order valence-electron chi connectivity index (χ0n) is 12.2. The zero-order valence-corrected chi connectivity index (χ0v) is 12.2. The number of halogens is 3. The van der Waals surface area contributed by atoms with Gasteiger partial charge in [0.15, 0.2) is 0 Å². The number of benzene rings is 2. The summed E-state index contributed by atoms with van der Waals surface area (Å²) in [5.41, 5.74) is -3.01. The molecule has 2 aromatic carbocycles. The summed E-state index contributed by atoms with van der Waals surface area (Å²) >= 11 is 0. The molecule has 1 amide bonds. The number of hydrogen-bond acceptors (Lipinski definition) is 4. The molecule has 7 nitrogen and oxygen atoms in total. The minimum atomic E-state index is -4.54. The third-order valence-corrected chi connectivity index (χ3v) is 3.17. The van der Waals surface area contributed by atoms with Crippen molar-refractivity contribution in [1.82, 2.24) is 0 Å². The predicted octanol–water partition coefficient (Wildman–Crippen LogP) is 3.56. The van der Waals surface area contributed by atoms with Crippen molar-refractivity contribution in [2.24, 2.45) is 0 Å². The number of nitrogens with one attached hydrogen (secondary N) is 1. The van der Waals surface area contributed by atoms with E-state index in [0.29, 0.717) is 0 Å². The molecule has 0 spiro atoms. The van der Waals surface area contributed by atoms with Crippen LogP contribution in [0, 0.1) is 10.1 Å². The normalized spacial score (nSPS) is 11.0. The molecule has 2 N–H and O–H groups in total. The maximum absolute atomic E-state index is 12.5. The molecule has 0 unspecified atom stereocenters. The summed E-state index contributed by atoms with van der Waals surface area (Å²) < 4.78 is 37.5. The smallest absolute Gasteiger partial charge is 0.416 e. The largest absolute Gasteiger partial charge is 0.477 e. The summed E-state index contributed by atoms with van der Waals surface area (Å²) in [5, 5.41) is 22.2. The molecular weight excluding hydrogens is 345 g/mol. The van der Waals surface area contributed by atoms with E-state index in [2.05, 4.69) is 5.32 Å². The van der Waals surface area contributed by atoms with Crippen LogP contribution < -0.4 is 5.32 Å². The number of amides is 1. The molecule has 0 aliphatic rings. The summed E-state index contributed by atoms with van der Waals surface area (Å²) in [6.07, 6.45) is -4.54. The molecule has 2 aromatic rings. The number of carboxylic acid groups (broad SMARTS) is 1. The highest BCUT2D eigenvalue weighted by molar-refractivity contribution is 6.12. The first-order valence-electron chi connectivity index (χ1n) is 6.60. The van der Waals surface area contributed by atoms with Crippen LogP contribution in [-0.2, 0) is 6.18 Å². The third kappa shape index (κ3) is 3.91. The minimum Gasteiger partial charge on any atom is -0.477 e. The molecule has 0 fully saturated rings. The van der Waals surface area contributed by atoms with Gasteiger partial charge in [-0.15, -0.1) is 0 Å². The molecule has 0 aliphatic carbocycles. The number of hydrogen-bond donors (Lipinski definition) is 2. The second-order valence-electron chi connectivity index (χ2n) is 4.79. The standard InChI is InChI=1S/C15H9F3N2O5/c16-15(17,18)8-4-6-9(7-5-8)19-13(21)10-2-1-3-11(20(24)25)12(10)14(22)23/h1-7H,(H,19,21)(H,22,23). The number of nitrogens with zero attached hydrogens (tertiary/aromatic N) is 1. The van der Waals surface area contributed by atoms with Gasteiger partial charge < -0.3 is 10.4 Å². The van der Waals surface area contributed by atoms with Gasteiger partial charge in [-0.2, -0.15) is 13.2 Å². The van der Waals surface area contributed by atoms with Crippen LogP contribution >= 0.6 is 0 Å². The fourth-order valence-corrected chi connectivity index (χ4v) is 2.05. The molecule has 0 saturated heterocycles. The van der Waals surface area contributed by atoms with Gasteiger partial charge in [-0.25, -0.2) is 4.79 Å². The lowest BCUT2D eigenvalue weighted by molar-refractivity contribution is -0.385. The molecule has 0 aliphatic heterocycles. The van der Waals surface area contributed by atoms with Crippen molar-refractivity contribution in [2.75, 3.05) is 5.32 Å². The number of nitro groups is 1. The van der Waals surface area contributed by atoms with Gasteiger partial charge in [0, 0.05) is 11.8 Å². The molecule has 0 atom stereocenters. The zero-order chi connectivity index (χ0) is 18.8. The van der Waals surface area contributed by atoms with E-state index < -0.39 is 45.4 Å². The first-order valence-corrected chi connectivity index (χ1v) is 6.60. The Morgan fingerprint density at radius 1 is 1.08 bits per heavy atom. The highest BCUT2D eigenvalue weighted by Gasteiger charge is 2.30. The number of aromatic carboxylic acids is 1. The lowest BCUT2D eigenvalue weighted by Gasteiger charge is -2.10. The topological polar surface area (TPSA) is 110 Å². The highest BCUT2D eigenvalue weighted by atomic mass is 19.4. The second kappa shape index (κ2) is 6.59. The van der Waals surface area contributed by atoms with Gasteiger partial charge in [0.25, 0.3) is 11.6 Å². The number of anilines is 1. The van der Waals surface area contributed by atoms with Gasteiger partial charge in [-0.1, -0.05) is 6.07 Å². The molecule has 130 valence electrons. The molecule has 0 saturated carbocycles. The average molecular weight is 354 g/mol. The summed E-state index contributed by atoms with van der Waals surface area (Å²) in [6, 6.07) is 6.57. The average Bonchev–Trinajstić information content (AvgIpc) is 2.53. The van der Waals surface area contributed by atoms with Gasteiger partial charge >= 0.3 is 12.1 Å². The number of alkyl halides is 3. The Morgan fingerprint density at radius 3 is 2.16 bits per heavy atom. The molecule has 10 heteroatoms. The number of carboxylic acids is 1. The van der Waals surface area contributed by atoms with Crippen LogP contribution in [0.25, 0.3) is 0 Å². The van der Waals surface area contributed by atoms with E-state index in [9.17, 15) is 32.9 Å². The number of carbonyl (C=O) groups excluding carboxylic acids is 1. The molecule has 0 bridgehead atoms. The fraction of sp³-hybridized carbons (Fsp3) is 0.0667. The van der Waals surface area contributed by atoms with Gasteiger partial charge in [0.05, 0.1) is 16.1 Å². The molecule has 25 heavy (non-hydrogen) atoms. The SMILES string of the molecule is O=C(Nc1ccc(C(F)(F)F)cc1)c1cccc([N+](=O)[O-])c1C(=O)O. The maximum Gasteiger partial charge on any atom is 0.416 e. The summed E-state index contributed by atoms with van der Waals surface area (Å²) in [6.45, 7) is 0. The van der Waals surface area contributed by atoms with Gasteiger partial charge in [0.2, 0.25) is 0 Å². The lowest BCUT2D eigenvalue weighted by atomic mass is 10.0. The van der Waals surface area contributed by atoms with Gasteiger partial charge in [-0.05, 0) is 30.3 Å². The van der Waals surface area contributed by atoms with Crippen molar-refractivity contribution in [3.8, 4) is 0 Å². The van der Waals surface area contributed by atoms with Gasteiger partial charge in [0.1, 0.15) is 5.56 Å². The van der Waals surface area contributed by atoms with Crippen LogP contribution in [0.1, 0.15) is 26.3 Å². The van der Waals surface area contributed by atoms with Crippen molar-refractivity contribution >= 4 is 23.3 Å². The van der Waals surface area contributed by atoms with Crippen molar-refractivity contribution < 1.29 is 32.8 Å². The lowest BCUT2D eigenvalue weighted by Crippen LogP contribution is -2.18. The third-order valence-electron chi connectivity index (χ3n) is 3.17. The molecule has 2 rings (SSSR count). The number of nitro benzene ring substituents is 1. The minimum absolute atomic E-state index is 0.0270. The monoisotopic (exact) mass is 354 g/mol. The Bertz CT molecular complexity index is 847. The van der Waals surface area contributed by atoms with E-state index in [1.807, 2.05) is 0 Å². The van der Waals surface area contributed by atoms with Crippen LogP contribution in [-0.4, -0.2) is 21.9 Å². The molecule has 0 radical (unpaired) electrons. The van der Waals surface area contributed by atoms with Crippen molar-refractivity contribution in [3.63, 3.8) is 0 Å². The van der Waals surface area contributed by atoms with Crippen molar-refractivity contribution in [3.05, 3.63) is 69.3 Å². The van der Waals surface area contributed by atoms with E-state index in [1.165, 1.54) is 0 Å². The predicted molar refractivity (Wildman–Crippen MR) is 79.5 cm³/mol. The quantitative estimate of drug-likeness (QED) is 0.644. The summed E-state index contributed by atoms with van der Waals surface area (Å²) in [5.74, 6) is -2.68. The Morgan fingerprint density at radius 2 is 1.68 bits per heavy atom. The van der Waals surface area contributed by atoms with Crippen LogP contribution in [0.15, 0.2) is 42.5 Å². The Labute approximate surface area is 137 Å². The molecular formula is C15H9F3N2O5. The summed E-state index contributed by atoms with van der Waals surface area (Å²) in [4.78, 5) is 33.4. The second-order valence-corrected chi connectivity index (χ2v) is 4.79. The molecule has 0 heterocycles. The van der Waals surface area contributed by atoms with E-state index in [0.717, 1.165) is 42.5 Å². The van der Waals surface area contributed by atoms with Gasteiger partial charge in [-0.3, -0.25) is 14.9 Å². The first-order chi connectivity index (χ1) is 11.6. The highest BCUT2D eigenvalue weighted by Crippen LogP contribution is 2.30. The van der Waals surface area contributed by atoms with Crippen LogP contribution in [0.2, 0.25) is 0 Å². The number of carbonyl (C=O) groups is 2. The summed E-state index contributed by atoms with van der Waals surface area (Å²) in [7, 11) is 0.